The van der Waals surface area contributed by atoms with Crippen LogP contribution in [-0.4, -0.2) is 46.8 Å². The normalized spacial score (nSPS) is 10.8. The minimum atomic E-state index is -0.322. The average Bonchev–Trinajstić information content (AvgIpc) is 2.46. The van der Waals surface area contributed by atoms with E-state index in [1.165, 1.54) is 12.1 Å². The molecule has 1 aromatic rings. The van der Waals surface area contributed by atoms with Gasteiger partial charge < -0.3 is 18.9 Å². The van der Waals surface area contributed by atoms with Crippen LogP contribution in [0, 0.1) is 5.82 Å². The van der Waals surface area contributed by atoms with Gasteiger partial charge in [0.05, 0.1) is 38.9 Å². The molecule has 0 saturated heterocycles. The van der Waals surface area contributed by atoms with Crippen molar-refractivity contribution in [2.45, 2.75) is 5.88 Å². The molecule has 1 rings (SSSR count). The molecular weight excluding hydrogens is 287 g/mol. The molecule has 0 saturated carbocycles. The largest absolute Gasteiger partial charge is 0.491 e. The maximum Gasteiger partial charge on any atom is 0.124 e. The van der Waals surface area contributed by atoms with Gasteiger partial charge in [0.1, 0.15) is 18.2 Å². The lowest BCUT2D eigenvalue weighted by molar-refractivity contribution is 0.0179. The Hall–Kier alpha value is -0.880. The molecule has 0 unspecified atom stereocenters. The zero-order chi connectivity index (χ0) is 14.6. The molecule has 0 heterocycles. The van der Waals surface area contributed by atoms with E-state index in [0.717, 1.165) is 0 Å². The maximum atomic E-state index is 13.0. The van der Waals surface area contributed by atoms with Crippen molar-refractivity contribution in [2.24, 2.45) is 0 Å². The Morgan fingerprint density at radius 2 is 1.65 bits per heavy atom. The first kappa shape index (κ1) is 17.2. The van der Waals surface area contributed by atoms with Crippen molar-refractivity contribution >= 4 is 11.6 Å². The lowest BCUT2D eigenvalue weighted by Gasteiger charge is -2.10. The lowest BCUT2D eigenvalue weighted by atomic mass is 10.2. The van der Waals surface area contributed by atoms with Gasteiger partial charge in [0.15, 0.2) is 0 Å². The lowest BCUT2D eigenvalue weighted by Crippen LogP contribution is -2.12. The van der Waals surface area contributed by atoms with Crippen LogP contribution >= 0.6 is 11.6 Å². The summed E-state index contributed by atoms with van der Waals surface area (Å²) in [5.74, 6) is 0.472. The Bertz CT molecular complexity index is 376. The van der Waals surface area contributed by atoms with Crippen LogP contribution in [0.1, 0.15) is 5.56 Å². The number of methoxy groups -OCH3 is 1. The first-order valence-electron chi connectivity index (χ1n) is 6.39. The van der Waals surface area contributed by atoms with Crippen molar-refractivity contribution in [1.82, 2.24) is 0 Å². The van der Waals surface area contributed by atoms with Gasteiger partial charge in [-0.3, -0.25) is 0 Å². The average molecular weight is 307 g/mol. The maximum absolute atomic E-state index is 13.0. The summed E-state index contributed by atoms with van der Waals surface area (Å²) in [6, 6.07) is 4.28. The van der Waals surface area contributed by atoms with Gasteiger partial charge in [-0.05, 0) is 18.2 Å². The van der Waals surface area contributed by atoms with Crippen LogP contribution in [0.2, 0.25) is 0 Å². The van der Waals surface area contributed by atoms with Crippen LogP contribution in [0.3, 0.4) is 0 Å². The number of hydrogen-bond acceptors (Lipinski definition) is 4. The van der Waals surface area contributed by atoms with E-state index in [2.05, 4.69) is 0 Å². The number of alkyl halides is 1. The fourth-order valence-corrected chi connectivity index (χ4v) is 1.68. The Morgan fingerprint density at radius 1 is 1.00 bits per heavy atom. The topological polar surface area (TPSA) is 36.9 Å². The standard InChI is InChI=1S/C14H20ClFO4/c1-17-4-5-18-6-7-19-8-9-20-14-3-2-13(16)10-12(14)11-15/h2-3,10H,4-9,11H2,1H3. The molecule has 4 nitrogen and oxygen atoms in total. The number of hydrogen-bond donors (Lipinski definition) is 0. The van der Waals surface area contributed by atoms with Crippen LogP contribution in [0.5, 0.6) is 5.75 Å². The quantitative estimate of drug-likeness (QED) is 0.465. The first-order valence-corrected chi connectivity index (χ1v) is 6.93. The van der Waals surface area contributed by atoms with E-state index >= 15 is 0 Å². The van der Waals surface area contributed by atoms with Crippen molar-refractivity contribution in [1.29, 1.82) is 0 Å². The van der Waals surface area contributed by atoms with Crippen molar-refractivity contribution in [3.8, 4) is 5.75 Å². The van der Waals surface area contributed by atoms with E-state index in [1.54, 1.807) is 13.2 Å². The van der Waals surface area contributed by atoms with E-state index in [4.69, 9.17) is 30.5 Å². The van der Waals surface area contributed by atoms with Gasteiger partial charge >= 0.3 is 0 Å². The number of benzene rings is 1. The SMILES string of the molecule is COCCOCCOCCOc1ccc(F)cc1CCl. The van der Waals surface area contributed by atoms with E-state index in [1.807, 2.05) is 0 Å². The van der Waals surface area contributed by atoms with E-state index in [0.29, 0.717) is 51.0 Å². The van der Waals surface area contributed by atoms with Gasteiger partial charge in [0, 0.05) is 12.7 Å². The monoisotopic (exact) mass is 306 g/mol. The minimum absolute atomic E-state index is 0.210. The molecule has 1 aromatic carbocycles. The molecule has 0 fully saturated rings. The second-order valence-electron chi connectivity index (χ2n) is 3.95. The van der Waals surface area contributed by atoms with Gasteiger partial charge in [0.2, 0.25) is 0 Å². The minimum Gasteiger partial charge on any atom is -0.491 e. The Morgan fingerprint density at radius 3 is 2.30 bits per heavy atom. The van der Waals surface area contributed by atoms with Gasteiger partial charge in [-0.25, -0.2) is 4.39 Å². The molecule has 0 aliphatic rings. The highest BCUT2D eigenvalue weighted by molar-refractivity contribution is 6.17. The third-order valence-corrected chi connectivity index (χ3v) is 2.74. The summed E-state index contributed by atoms with van der Waals surface area (Å²) in [6.07, 6.45) is 0. The molecule has 20 heavy (non-hydrogen) atoms. The van der Waals surface area contributed by atoms with Gasteiger partial charge in [-0.15, -0.1) is 11.6 Å². The van der Waals surface area contributed by atoms with E-state index in [-0.39, 0.29) is 11.7 Å². The Balaban J connectivity index is 2.09. The van der Waals surface area contributed by atoms with Crippen LogP contribution in [0.25, 0.3) is 0 Å². The molecule has 0 N–H and O–H groups in total. The van der Waals surface area contributed by atoms with Gasteiger partial charge in [-0.2, -0.15) is 0 Å². The highest BCUT2D eigenvalue weighted by Crippen LogP contribution is 2.21. The van der Waals surface area contributed by atoms with Crippen molar-refractivity contribution in [3.63, 3.8) is 0 Å². The molecule has 0 atom stereocenters. The Kier molecular flexibility index (Phi) is 9.32. The summed E-state index contributed by atoms with van der Waals surface area (Å²) in [5, 5.41) is 0. The summed E-state index contributed by atoms with van der Waals surface area (Å²) in [7, 11) is 1.63. The number of ether oxygens (including phenoxy) is 4. The molecule has 114 valence electrons. The first-order chi connectivity index (χ1) is 9.77. The summed E-state index contributed by atoms with van der Waals surface area (Å²) in [4.78, 5) is 0. The molecule has 0 radical (unpaired) electrons. The summed E-state index contributed by atoms with van der Waals surface area (Å²) < 4.78 is 33.9. The highest BCUT2D eigenvalue weighted by Gasteiger charge is 2.04. The van der Waals surface area contributed by atoms with Gasteiger partial charge in [-0.1, -0.05) is 0 Å². The molecular formula is C14H20ClFO4. The zero-order valence-corrected chi connectivity index (χ0v) is 12.3. The molecule has 0 bridgehead atoms. The van der Waals surface area contributed by atoms with E-state index < -0.39 is 0 Å². The number of halogens is 2. The Labute approximate surface area is 123 Å². The number of rotatable bonds is 11. The van der Waals surface area contributed by atoms with Crippen molar-refractivity contribution < 1.29 is 23.3 Å². The molecule has 0 aliphatic heterocycles. The smallest absolute Gasteiger partial charge is 0.124 e. The summed E-state index contributed by atoms with van der Waals surface area (Å²) in [6.45, 7) is 2.98. The fourth-order valence-electron chi connectivity index (χ4n) is 1.47. The third kappa shape index (κ3) is 7.05. The van der Waals surface area contributed by atoms with Gasteiger partial charge in [0.25, 0.3) is 0 Å². The van der Waals surface area contributed by atoms with E-state index in [9.17, 15) is 4.39 Å². The van der Waals surface area contributed by atoms with Crippen molar-refractivity contribution in [2.75, 3.05) is 46.8 Å². The predicted octanol–water partition coefficient (Wildman–Crippen LogP) is 2.62. The molecule has 0 amide bonds. The summed E-state index contributed by atoms with van der Waals surface area (Å²) >= 11 is 5.72. The molecule has 0 aliphatic carbocycles. The predicted molar refractivity (Wildman–Crippen MR) is 75.0 cm³/mol. The highest BCUT2D eigenvalue weighted by atomic mass is 35.5. The molecule has 0 spiro atoms. The third-order valence-electron chi connectivity index (χ3n) is 2.46. The van der Waals surface area contributed by atoms with Crippen LogP contribution in [-0.2, 0) is 20.1 Å². The zero-order valence-electron chi connectivity index (χ0n) is 11.6. The second kappa shape index (κ2) is 10.9. The van der Waals surface area contributed by atoms with Crippen LogP contribution in [0.15, 0.2) is 18.2 Å². The van der Waals surface area contributed by atoms with Crippen LogP contribution in [0.4, 0.5) is 4.39 Å². The van der Waals surface area contributed by atoms with Crippen molar-refractivity contribution in [3.05, 3.63) is 29.6 Å². The second-order valence-corrected chi connectivity index (χ2v) is 4.22. The molecule has 6 heteroatoms. The fraction of sp³-hybridized carbons (Fsp3) is 0.571. The summed E-state index contributed by atoms with van der Waals surface area (Å²) in [5.41, 5.74) is 0.634. The van der Waals surface area contributed by atoms with Crippen LogP contribution < -0.4 is 4.74 Å². The molecule has 0 aromatic heterocycles.